The van der Waals surface area contributed by atoms with Gasteiger partial charge in [-0.25, -0.2) is 9.78 Å². The first kappa shape index (κ1) is 14.8. The average molecular weight is 278 g/mol. The third kappa shape index (κ3) is 3.28. The summed E-state index contributed by atoms with van der Waals surface area (Å²) in [5.74, 6) is 0.643. The van der Waals surface area contributed by atoms with Crippen molar-refractivity contribution in [3.8, 4) is 0 Å². The maximum atomic E-state index is 11.0. The van der Waals surface area contributed by atoms with E-state index in [-0.39, 0.29) is 5.56 Å². The molecule has 0 aliphatic heterocycles. The number of aryl methyl sites for hydroxylation is 1. The summed E-state index contributed by atoms with van der Waals surface area (Å²) in [6.07, 6.45) is 3.96. The molecule has 20 heavy (non-hydrogen) atoms. The first-order valence-corrected chi connectivity index (χ1v) is 7.00. The van der Waals surface area contributed by atoms with E-state index in [0.29, 0.717) is 18.6 Å². The van der Waals surface area contributed by atoms with E-state index in [1.165, 1.54) is 19.0 Å². The predicted octanol–water partition coefficient (Wildman–Crippen LogP) is 2.34. The van der Waals surface area contributed by atoms with Crippen LogP contribution in [0.2, 0.25) is 0 Å². The van der Waals surface area contributed by atoms with Crippen LogP contribution >= 0.6 is 0 Å². The van der Waals surface area contributed by atoms with Crippen LogP contribution in [0, 0.1) is 12.8 Å². The van der Waals surface area contributed by atoms with E-state index in [1.54, 1.807) is 13.2 Å². The normalized spacial score (nSPS) is 15.9. The maximum Gasteiger partial charge on any atom is 0.337 e. The summed E-state index contributed by atoms with van der Waals surface area (Å²) in [7, 11) is 1.69. The molecular weight excluding hydrogens is 256 g/mol. The Labute approximate surface area is 119 Å². The standard InChI is InChI=1S/C15H22N2O3/c1-10-8-13(15(18)19)9-16-14(10)17(6-7-20-3)11(2)12-4-5-12/h8-9,11-12H,4-7H2,1-3H3,(H,18,19). The summed E-state index contributed by atoms with van der Waals surface area (Å²) in [6.45, 7) is 5.53. The lowest BCUT2D eigenvalue weighted by molar-refractivity contribution is 0.0696. The van der Waals surface area contributed by atoms with E-state index in [0.717, 1.165) is 17.9 Å². The van der Waals surface area contributed by atoms with Crippen LogP contribution in [0.3, 0.4) is 0 Å². The number of carboxylic acids is 1. The Hall–Kier alpha value is -1.62. The van der Waals surface area contributed by atoms with E-state index in [4.69, 9.17) is 9.84 Å². The first-order chi connectivity index (χ1) is 9.54. The van der Waals surface area contributed by atoms with Crippen molar-refractivity contribution in [1.29, 1.82) is 0 Å². The molecule has 1 unspecified atom stereocenters. The summed E-state index contributed by atoms with van der Waals surface area (Å²) >= 11 is 0. The van der Waals surface area contributed by atoms with Crippen molar-refractivity contribution in [3.63, 3.8) is 0 Å². The molecule has 1 atom stereocenters. The van der Waals surface area contributed by atoms with Crippen LogP contribution in [0.5, 0.6) is 0 Å². The number of carboxylic acid groups (broad SMARTS) is 1. The van der Waals surface area contributed by atoms with Crippen molar-refractivity contribution >= 4 is 11.8 Å². The number of pyridine rings is 1. The number of hydrogen-bond acceptors (Lipinski definition) is 4. The number of nitrogens with zero attached hydrogens (tertiary/aromatic N) is 2. The van der Waals surface area contributed by atoms with Gasteiger partial charge in [0, 0.05) is 25.9 Å². The molecule has 1 aromatic rings. The fourth-order valence-corrected chi connectivity index (χ4v) is 2.51. The third-order valence-electron chi connectivity index (χ3n) is 3.90. The van der Waals surface area contributed by atoms with Gasteiger partial charge in [-0.2, -0.15) is 0 Å². The van der Waals surface area contributed by atoms with Gasteiger partial charge >= 0.3 is 5.97 Å². The van der Waals surface area contributed by atoms with Crippen molar-refractivity contribution in [2.45, 2.75) is 32.7 Å². The molecule has 1 aromatic heterocycles. The van der Waals surface area contributed by atoms with Gasteiger partial charge in [-0.15, -0.1) is 0 Å². The van der Waals surface area contributed by atoms with Crippen molar-refractivity contribution in [1.82, 2.24) is 4.98 Å². The molecule has 2 rings (SSSR count). The van der Waals surface area contributed by atoms with Crippen LogP contribution in [0.25, 0.3) is 0 Å². The SMILES string of the molecule is COCCN(c1ncc(C(=O)O)cc1C)C(C)C1CC1. The van der Waals surface area contributed by atoms with E-state index in [1.807, 2.05) is 6.92 Å². The zero-order chi connectivity index (χ0) is 14.7. The molecule has 0 saturated heterocycles. The number of ether oxygens (including phenoxy) is 1. The molecule has 0 amide bonds. The molecule has 5 heteroatoms. The molecule has 5 nitrogen and oxygen atoms in total. The van der Waals surface area contributed by atoms with Gasteiger partial charge in [0.25, 0.3) is 0 Å². The Morgan fingerprint density at radius 3 is 2.80 bits per heavy atom. The van der Waals surface area contributed by atoms with Crippen molar-refractivity contribution in [2.24, 2.45) is 5.92 Å². The number of hydrogen-bond donors (Lipinski definition) is 1. The van der Waals surface area contributed by atoms with Gasteiger partial charge in [0.05, 0.1) is 12.2 Å². The summed E-state index contributed by atoms with van der Waals surface area (Å²) in [4.78, 5) is 17.6. The molecule has 0 bridgehead atoms. The fourth-order valence-electron chi connectivity index (χ4n) is 2.51. The Bertz CT molecular complexity index is 486. The van der Waals surface area contributed by atoms with Crippen molar-refractivity contribution < 1.29 is 14.6 Å². The second-order valence-corrected chi connectivity index (χ2v) is 5.43. The second-order valence-electron chi connectivity index (χ2n) is 5.43. The van der Waals surface area contributed by atoms with Crippen LogP contribution in [-0.4, -0.2) is 42.4 Å². The molecule has 0 radical (unpaired) electrons. The fraction of sp³-hybridized carbons (Fsp3) is 0.600. The third-order valence-corrected chi connectivity index (χ3v) is 3.90. The smallest absolute Gasteiger partial charge is 0.337 e. The predicted molar refractivity (Wildman–Crippen MR) is 77.3 cm³/mol. The van der Waals surface area contributed by atoms with Gasteiger partial charge in [-0.05, 0) is 44.2 Å². The Balaban J connectivity index is 2.25. The highest BCUT2D eigenvalue weighted by Crippen LogP contribution is 2.37. The molecule has 1 aliphatic rings. The molecule has 1 heterocycles. The maximum absolute atomic E-state index is 11.0. The minimum Gasteiger partial charge on any atom is -0.478 e. The zero-order valence-electron chi connectivity index (χ0n) is 12.3. The average Bonchev–Trinajstić information content (AvgIpc) is 3.24. The van der Waals surface area contributed by atoms with E-state index in [2.05, 4.69) is 16.8 Å². The number of methoxy groups -OCH3 is 1. The number of aromatic carboxylic acids is 1. The lowest BCUT2D eigenvalue weighted by Gasteiger charge is -2.31. The van der Waals surface area contributed by atoms with Crippen LogP contribution in [-0.2, 0) is 4.74 Å². The number of aromatic nitrogens is 1. The molecule has 1 N–H and O–H groups in total. The minimum absolute atomic E-state index is 0.233. The molecule has 110 valence electrons. The first-order valence-electron chi connectivity index (χ1n) is 7.00. The van der Waals surface area contributed by atoms with Crippen molar-refractivity contribution in [3.05, 3.63) is 23.4 Å². The lowest BCUT2D eigenvalue weighted by atomic mass is 10.1. The summed E-state index contributed by atoms with van der Waals surface area (Å²) in [5, 5.41) is 9.01. The minimum atomic E-state index is -0.939. The highest BCUT2D eigenvalue weighted by molar-refractivity contribution is 5.87. The largest absolute Gasteiger partial charge is 0.478 e. The van der Waals surface area contributed by atoms with Crippen LogP contribution < -0.4 is 4.90 Å². The molecule has 0 spiro atoms. The number of rotatable bonds is 7. The molecule has 1 fully saturated rings. The van der Waals surface area contributed by atoms with E-state index >= 15 is 0 Å². The van der Waals surface area contributed by atoms with Gasteiger partial charge in [0.15, 0.2) is 0 Å². The number of anilines is 1. The summed E-state index contributed by atoms with van der Waals surface area (Å²) < 4.78 is 5.18. The lowest BCUT2D eigenvalue weighted by Crippen LogP contribution is -2.38. The summed E-state index contributed by atoms with van der Waals surface area (Å²) in [6, 6.07) is 2.09. The second kappa shape index (κ2) is 6.22. The monoisotopic (exact) mass is 278 g/mol. The van der Waals surface area contributed by atoms with Gasteiger partial charge in [0.1, 0.15) is 5.82 Å². The highest BCUT2D eigenvalue weighted by Gasteiger charge is 2.33. The van der Waals surface area contributed by atoms with E-state index in [9.17, 15) is 4.79 Å². The molecule has 1 saturated carbocycles. The van der Waals surface area contributed by atoms with E-state index < -0.39 is 5.97 Å². The summed E-state index contributed by atoms with van der Waals surface area (Å²) in [5.41, 5.74) is 1.13. The highest BCUT2D eigenvalue weighted by atomic mass is 16.5. The Kier molecular flexibility index (Phi) is 4.60. The van der Waals surface area contributed by atoms with Crippen LogP contribution in [0.1, 0.15) is 35.7 Å². The Morgan fingerprint density at radius 2 is 2.30 bits per heavy atom. The molecule has 0 aromatic carbocycles. The zero-order valence-corrected chi connectivity index (χ0v) is 12.3. The van der Waals surface area contributed by atoms with Crippen LogP contribution in [0.15, 0.2) is 12.3 Å². The molecular formula is C15H22N2O3. The van der Waals surface area contributed by atoms with Gasteiger partial charge in [0.2, 0.25) is 0 Å². The number of carbonyl (C=O) groups is 1. The van der Waals surface area contributed by atoms with Crippen molar-refractivity contribution in [2.75, 3.05) is 25.2 Å². The quantitative estimate of drug-likeness (QED) is 0.829. The Morgan fingerprint density at radius 1 is 1.60 bits per heavy atom. The van der Waals surface area contributed by atoms with Gasteiger partial charge < -0.3 is 14.7 Å². The van der Waals surface area contributed by atoms with Gasteiger partial charge in [-0.1, -0.05) is 0 Å². The topological polar surface area (TPSA) is 62.7 Å². The van der Waals surface area contributed by atoms with Crippen LogP contribution in [0.4, 0.5) is 5.82 Å². The molecule has 1 aliphatic carbocycles. The van der Waals surface area contributed by atoms with Gasteiger partial charge in [-0.3, -0.25) is 0 Å².